The maximum atomic E-state index is 8.09. The number of rotatable bonds is 16. The third-order valence-corrected chi connectivity index (χ3v) is 1.88. The van der Waals surface area contributed by atoms with Crippen molar-refractivity contribution in [2.45, 2.75) is 0 Å². The average Bonchev–Trinajstić information content (AvgIpc) is 2.71. The third-order valence-electron chi connectivity index (χ3n) is 1.88. The quantitative estimate of drug-likeness (QED) is 0.0800. The van der Waals surface area contributed by atoms with Gasteiger partial charge in [-0.05, 0) is 0 Å². The van der Waals surface area contributed by atoms with Crippen LogP contribution in [0.3, 0.4) is 0 Å². The van der Waals surface area contributed by atoms with E-state index in [4.69, 9.17) is 40.9 Å². The van der Waals surface area contributed by atoms with Crippen molar-refractivity contribution < 1.29 is 81.5 Å². The molecule has 29 heavy (non-hydrogen) atoms. The zero-order valence-corrected chi connectivity index (χ0v) is 18.6. The summed E-state index contributed by atoms with van der Waals surface area (Å²) in [6, 6.07) is 0. The molecular weight excluding hydrogens is 432 g/mol. The van der Waals surface area contributed by atoms with Crippen LogP contribution in [0.2, 0.25) is 0 Å². The molecule has 0 heterocycles. The van der Waals surface area contributed by atoms with Crippen molar-refractivity contribution in [1.82, 2.24) is 0 Å². The van der Waals surface area contributed by atoms with Crippen LogP contribution in [-0.2, 0) is 40.7 Å². The summed E-state index contributed by atoms with van der Waals surface area (Å²) in [7, 11) is 0. The monoisotopic (exact) mass is 472 g/mol. The predicted octanol–water partition coefficient (Wildman–Crippen LogP) is -4.05. The number of hydrogen-bond acceptors (Lipinski definition) is 12. The molecule has 0 unspecified atom stereocenters. The van der Waals surface area contributed by atoms with Gasteiger partial charge < -0.3 is 59.8 Å². The van der Waals surface area contributed by atoms with Crippen molar-refractivity contribution in [3.63, 3.8) is 0 Å². The van der Waals surface area contributed by atoms with Crippen LogP contribution in [0.5, 0.6) is 0 Å². The zero-order valence-electron chi connectivity index (χ0n) is 17.0. The van der Waals surface area contributed by atoms with Crippen molar-refractivity contribution in [2.75, 3.05) is 106 Å². The van der Waals surface area contributed by atoms with Crippen molar-refractivity contribution in [1.29, 1.82) is 0 Å². The summed E-state index contributed by atoms with van der Waals surface area (Å²) in [6.45, 7) is 2.78. The van der Waals surface area contributed by atoms with Crippen LogP contribution >= 0.6 is 0 Å². The molecule has 0 saturated heterocycles. The van der Waals surface area contributed by atoms with Gasteiger partial charge in [-0.3, -0.25) is 0 Å². The van der Waals surface area contributed by atoms with E-state index in [-0.39, 0.29) is 74.6 Å². The molecule has 12 nitrogen and oxygen atoms in total. The predicted molar refractivity (Wildman–Crippen MR) is 100.0 cm³/mol. The molecule has 8 N–H and O–H groups in total. The minimum Gasteiger partial charge on any atom is -0.394 e. The van der Waals surface area contributed by atoms with Crippen molar-refractivity contribution in [2.24, 2.45) is 0 Å². The second-order valence-corrected chi connectivity index (χ2v) is 4.24. The van der Waals surface area contributed by atoms with Gasteiger partial charge in [-0.2, -0.15) is 0 Å². The number of aliphatic hydroxyl groups excluding tert-OH is 8. The van der Waals surface area contributed by atoms with Crippen molar-refractivity contribution >= 4 is 0 Å². The van der Waals surface area contributed by atoms with Crippen LogP contribution in [-0.4, -0.2) is 147 Å². The Hall–Kier alpha value is 0.234. The van der Waals surface area contributed by atoms with Crippen LogP contribution < -0.4 is 0 Å². The van der Waals surface area contributed by atoms with Crippen LogP contribution in [0, 0.1) is 0 Å². The smallest absolute Gasteiger partial charge is 0.0698 e. The summed E-state index contributed by atoms with van der Waals surface area (Å²) in [5.41, 5.74) is 0. The van der Waals surface area contributed by atoms with Gasteiger partial charge in [-0.1, -0.05) is 0 Å². The van der Waals surface area contributed by atoms with Gasteiger partial charge in [0.1, 0.15) is 0 Å². The van der Waals surface area contributed by atoms with Gasteiger partial charge in [-0.15, -0.1) is 0 Å². The molecule has 13 heteroatoms. The minimum absolute atomic E-state index is 0. The maximum Gasteiger partial charge on any atom is 0.0698 e. The van der Waals surface area contributed by atoms with Gasteiger partial charge in [0.25, 0.3) is 0 Å². The number of hydrogen-bond donors (Lipinski definition) is 8. The van der Waals surface area contributed by atoms with E-state index < -0.39 is 0 Å². The molecule has 0 amide bonds. The molecule has 180 valence electrons. The molecule has 0 fully saturated rings. The van der Waals surface area contributed by atoms with E-state index in [1.807, 2.05) is 0 Å². The Morgan fingerprint density at radius 3 is 0.448 bits per heavy atom. The average molecular weight is 472 g/mol. The Morgan fingerprint density at radius 1 is 0.276 bits per heavy atom. The summed E-state index contributed by atoms with van der Waals surface area (Å²) in [5.74, 6) is 0. The van der Waals surface area contributed by atoms with E-state index >= 15 is 0 Å². The Morgan fingerprint density at radius 2 is 0.379 bits per heavy atom. The maximum absolute atomic E-state index is 8.09. The van der Waals surface area contributed by atoms with E-state index in [1.54, 1.807) is 0 Å². The molecule has 0 spiro atoms. The fourth-order valence-corrected chi connectivity index (χ4v) is 0.925. The first-order chi connectivity index (χ1) is 13.7. The normalized spacial score (nSPS) is 9.10. The largest absolute Gasteiger partial charge is 0.394 e. The summed E-state index contributed by atoms with van der Waals surface area (Å²) in [4.78, 5) is 0. The summed E-state index contributed by atoms with van der Waals surface area (Å²) in [5, 5.41) is 64.7. The van der Waals surface area contributed by atoms with E-state index in [9.17, 15) is 0 Å². The Bertz CT molecular complexity index is 151. The topological polar surface area (TPSA) is 199 Å². The molecule has 0 aromatic heterocycles. The van der Waals surface area contributed by atoms with Crippen LogP contribution in [0.1, 0.15) is 0 Å². The van der Waals surface area contributed by atoms with Crippen LogP contribution in [0.15, 0.2) is 0 Å². The molecule has 0 radical (unpaired) electrons. The zero-order chi connectivity index (χ0) is 22.1. The molecule has 0 bridgehead atoms. The summed E-state index contributed by atoms with van der Waals surface area (Å²) >= 11 is 0. The second-order valence-electron chi connectivity index (χ2n) is 4.24. The number of aliphatic hydroxyl groups is 8. The standard InChI is InChI=1S/4C4H10O3.Ti/c4*5-1-3-7-4-2-6;/h4*5-6H,1-4H2;. The first-order valence-electron chi connectivity index (χ1n) is 8.84. The fraction of sp³-hybridized carbons (Fsp3) is 1.00. The van der Waals surface area contributed by atoms with E-state index in [2.05, 4.69) is 18.9 Å². The Labute approximate surface area is 187 Å². The SMILES string of the molecule is OCCOCCO.OCCOCCO.OCCOCCO.OCCOCCO.[Ti]. The van der Waals surface area contributed by atoms with Gasteiger partial charge in [-0.25, -0.2) is 0 Å². The molecule has 0 aliphatic rings. The van der Waals surface area contributed by atoms with Crippen LogP contribution in [0.4, 0.5) is 0 Å². The van der Waals surface area contributed by atoms with Gasteiger partial charge in [0.15, 0.2) is 0 Å². The molecule has 0 rings (SSSR count). The molecular formula is C16H40O12Ti. The summed E-state index contributed by atoms with van der Waals surface area (Å²) < 4.78 is 18.5. The molecule has 0 aromatic carbocycles. The molecule has 0 aromatic rings. The number of ether oxygens (including phenoxy) is 4. The Kier molecular flexibility index (Phi) is 70.0. The molecule has 0 aliphatic carbocycles. The van der Waals surface area contributed by atoms with Crippen molar-refractivity contribution in [3.05, 3.63) is 0 Å². The third kappa shape index (κ3) is 73.7. The fourth-order valence-electron chi connectivity index (χ4n) is 0.925. The van der Waals surface area contributed by atoms with E-state index in [0.717, 1.165) is 0 Å². The molecule has 0 aliphatic heterocycles. The first kappa shape index (κ1) is 39.7. The first-order valence-corrected chi connectivity index (χ1v) is 8.84. The van der Waals surface area contributed by atoms with E-state index in [1.165, 1.54) is 0 Å². The van der Waals surface area contributed by atoms with E-state index in [0.29, 0.717) is 52.9 Å². The summed E-state index contributed by atoms with van der Waals surface area (Å²) in [6.07, 6.45) is 0. The van der Waals surface area contributed by atoms with Crippen LogP contribution in [0.25, 0.3) is 0 Å². The Balaban J connectivity index is -0.0000000873. The van der Waals surface area contributed by atoms with Gasteiger partial charge in [0.2, 0.25) is 0 Å². The molecule has 0 saturated carbocycles. The van der Waals surface area contributed by atoms with Gasteiger partial charge in [0.05, 0.1) is 106 Å². The molecule has 0 atom stereocenters. The van der Waals surface area contributed by atoms with Crippen molar-refractivity contribution in [3.8, 4) is 0 Å². The second kappa shape index (κ2) is 51.1. The van der Waals surface area contributed by atoms with Gasteiger partial charge in [0, 0.05) is 21.7 Å². The minimum atomic E-state index is 0. The van der Waals surface area contributed by atoms with Gasteiger partial charge >= 0.3 is 0 Å².